The van der Waals surface area contributed by atoms with E-state index in [-0.39, 0.29) is 6.42 Å². The summed E-state index contributed by atoms with van der Waals surface area (Å²) >= 11 is 0. The Bertz CT molecular complexity index is 367. The normalized spacial score (nSPS) is 16.2. The topological polar surface area (TPSA) is 99.1 Å². The molecule has 2 atom stereocenters. The van der Waals surface area contributed by atoms with Gasteiger partial charge in [0.1, 0.15) is 0 Å². The van der Waals surface area contributed by atoms with Crippen molar-refractivity contribution in [3.05, 3.63) is 11.9 Å². The second-order valence-corrected chi connectivity index (χ2v) is 4.76. The Morgan fingerprint density at radius 2 is 2.28 bits per heavy atom. The number of nitrogens with zero attached hydrogens (tertiary/aromatic N) is 2. The van der Waals surface area contributed by atoms with Gasteiger partial charge in [0.2, 0.25) is 0 Å². The molecule has 0 aromatic carbocycles. The van der Waals surface area contributed by atoms with Crippen molar-refractivity contribution in [1.29, 1.82) is 0 Å². The second kappa shape index (κ2) is 6.49. The molecular weight excluding hydrogens is 234 g/mol. The predicted molar refractivity (Wildman–Crippen MR) is 66.0 cm³/mol. The molecule has 102 valence electrons. The molecule has 6 nitrogen and oxygen atoms in total. The van der Waals surface area contributed by atoms with Gasteiger partial charge in [-0.15, -0.1) is 5.10 Å². The molecule has 3 N–H and O–H groups in total. The summed E-state index contributed by atoms with van der Waals surface area (Å²) in [5.41, 5.74) is -0.681. The number of aromatic nitrogens is 3. The van der Waals surface area contributed by atoms with Crippen LogP contribution < -0.4 is 0 Å². The van der Waals surface area contributed by atoms with Crippen LogP contribution in [-0.2, 0) is 11.2 Å². The molecule has 0 spiro atoms. The van der Waals surface area contributed by atoms with Crippen LogP contribution in [0.25, 0.3) is 0 Å². The van der Waals surface area contributed by atoms with Crippen LogP contribution in [0.3, 0.4) is 0 Å². The Balaban J connectivity index is 2.75. The molecule has 0 amide bonds. The van der Waals surface area contributed by atoms with Crippen LogP contribution in [0.1, 0.15) is 45.2 Å². The molecule has 0 radical (unpaired) electrons. The zero-order valence-electron chi connectivity index (χ0n) is 10.9. The van der Waals surface area contributed by atoms with Crippen LogP contribution in [0.5, 0.6) is 0 Å². The van der Waals surface area contributed by atoms with Crippen LogP contribution in [0.15, 0.2) is 6.20 Å². The highest BCUT2D eigenvalue weighted by atomic mass is 16.4. The number of aromatic amines is 1. The highest BCUT2D eigenvalue weighted by Crippen LogP contribution is 2.28. The van der Waals surface area contributed by atoms with E-state index in [1.54, 1.807) is 6.20 Å². The molecule has 1 aromatic heterocycles. The SMILES string of the molecule is CCCCCC(O)(Cc1c[nH]nn1)C(C)C(=O)O. The molecule has 0 aliphatic heterocycles. The maximum absolute atomic E-state index is 11.1. The monoisotopic (exact) mass is 255 g/mol. The lowest BCUT2D eigenvalue weighted by Crippen LogP contribution is -2.43. The Labute approximate surface area is 106 Å². The van der Waals surface area contributed by atoms with Crippen LogP contribution in [-0.4, -0.2) is 37.2 Å². The van der Waals surface area contributed by atoms with E-state index in [0.717, 1.165) is 19.3 Å². The average Bonchev–Trinajstić information content (AvgIpc) is 2.80. The fourth-order valence-electron chi connectivity index (χ4n) is 1.99. The highest BCUT2D eigenvalue weighted by Gasteiger charge is 2.38. The van der Waals surface area contributed by atoms with Crippen LogP contribution in [0.4, 0.5) is 0 Å². The zero-order valence-corrected chi connectivity index (χ0v) is 10.9. The van der Waals surface area contributed by atoms with E-state index in [4.69, 9.17) is 5.11 Å². The number of unbranched alkanes of at least 4 members (excludes halogenated alkanes) is 2. The number of rotatable bonds is 8. The zero-order chi connectivity index (χ0) is 13.6. The molecule has 0 bridgehead atoms. The highest BCUT2D eigenvalue weighted by molar-refractivity contribution is 5.71. The van der Waals surface area contributed by atoms with E-state index < -0.39 is 17.5 Å². The third kappa shape index (κ3) is 3.80. The summed E-state index contributed by atoms with van der Waals surface area (Å²) in [6.45, 7) is 3.60. The fraction of sp³-hybridized carbons (Fsp3) is 0.750. The van der Waals surface area contributed by atoms with Gasteiger partial charge in [0.25, 0.3) is 0 Å². The van der Waals surface area contributed by atoms with Crippen LogP contribution in [0, 0.1) is 5.92 Å². The fourth-order valence-corrected chi connectivity index (χ4v) is 1.99. The van der Waals surface area contributed by atoms with Gasteiger partial charge in [-0.25, -0.2) is 0 Å². The van der Waals surface area contributed by atoms with E-state index >= 15 is 0 Å². The molecule has 18 heavy (non-hydrogen) atoms. The van der Waals surface area contributed by atoms with Crippen molar-refractivity contribution >= 4 is 5.97 Å². The smallest absolute Gasteiger partial charge is 0.309 e. The third-order valence-corrected chi connectivity index (χ3v) is 3.34. The minimum Gasteiger partial charge on any atom is -0.481 e. The lowest BCUT2D eigenvalue weighted by Gasteiger charge is -2.31. The second-order valence-electron chi connectivity index (χ2n) is 4.76. The molecule has 6 heteroatoms. The molecule has 0 saturated carbocycles. The van der Waals surface area contributed by atoms with Crippen molar-refractivity contribution < 1.29 is 15.0 Å². The van der Waals surface area contributed by atoms with Crippen LogP contribution >= 0.6 is 0 Å². The van der Waals surface area contributed by atoms with Crippen molar-refractivity contribution in [2.24, 2.45) is 5.92 Å². The standard InChI is InChI=1S/C12H21N3O3/c1-3-4-5-6-12(18,9(2)11(16)17)7-10-8-13-15-14-10/h8-9,18H,3-7H2,1-2H3,(H,16,17)(H,13,14,15). The van der Waals surface area contributed by atoms with E-state index in [2.05, 4.69) is 22.3 Å². The summed E-state index contributed by atoms with van der Waals surface area (Å²) in [4.78, 5) is 11.1. The number of hydrogen-bond donors (Lipinski definition) is 3. The molecule has 2 unspecified atom stereocenters. The molecular formula is C12H21N3O3. The van der Waals surface area contributed by atoms with Gasteiger partial charge in [-0.3, -0.25) is 9.89 Å². The number of carbonyl (C=O) groups is 1. The maximum Gasteiger partial charge on any atom is 0.309 e. The van der Waals surface area contributed by atoms with Crippen molar-refractivity contribution in [3.63, 3.8) is 0 Å². The molecule has 1 heterocycles. The Kier molecular flexibility index (Phi) is 5.27. The van der Waals surface area contributed by atoms with E-state index in [9.17, 15) is 9.90 Å². The summed E-state index contributed by atoms with van der Waals surface area (Å²) in [7, 11) is 0. The molecule has 0 aliphatic carbocycles. The summed E-state index contributed by atoms with van der Waals surface area (Å²) in [5.74, 6) is -1.82. The van der Waals surface area contributed by atoms with E-state index in [1.165, 1.54) is 6.92 Å². The largest absolute Gasteiger partial charge is 0.481 e. The van der Waals surface area contributed by atoms with E-state index in [0.29, 0.717) is 12.1 Å². The van der Waals surface area contributed by atoms with Gasteiger partial charge in [-0.1, -0.05) is 31.4 Å². The first-order valence-corrected chi connectivity index (χ1v) is 6.30. The van der Waals surface area contributed by atoms with Crippen molar-refractivity contribution in [1.82, 2.24) is 15.4 Å². The quantitative estimate of drug-likeness (QED) is 0.609. The third-order valence-electron chi connectivity index (χ3n) is 3.34. The van der Waals surface area contributed by atoms with Gasteiger partial charge in [-0.05, 0) is 13.3 Å². The number of aliphatic hydroxyl groups is 1. The Hall–Kier alpha value is -1.43. The molecule has 1 rings (SSSR count). The number of nitrogens with one attached hydrogen (secondary N) is 1. The number of hydrogen-bond acceptors (Lipinski definition) is 4. The molecule has 0 aliphatic rings. The minimum atomic E-state index is -1.27. The maximum atomic E-state index is 11.1. The number of carboxylic acid groups (broad SMARTS) is 1. The van der Waals surface area contributed by atoms with Crippen molar-refractivity contribution in [2.45, 2.75) is 51.6 Å². The summed E-state index contributed by atoms with van der Waals surface area (Å²) < 4.78 is 0. The average molecular weight is 255 g/mol. The summed E-state index contributed by atoms with van der Waals surface area (Å²) in [6.07, 6.45) is 5.07. The van der Waals surface area contributed by atoms with Gasteiger partial charge >= 0.3 is 5.97 Å². The number of carboxylic acids is 1. The van der Waals surface area contributed by atoms with Gasteiger partial charge in [0.05, 0.1) is 17.2 Å². The number of aliphatic carboxylic acids is 1. The lowest BCUT2D eigenvalue weighted by molar-refractivity contribution is -0.151. The summed E-state index contributed by atoms with van der Waals surface area (Å²) in [6, 6.07) is 0. The molecule has 1 aromatic rings. The van der Waals surface area contributed by atoms with Crippen LogP contribution in [0.2, 0.25) is 0 Å². The van der Waals surface area contributed by atoms with E-state index in [1.807, 2.05) is 0 Å². The number of H-pyrrole nitrogens is 1. The van der Waals surface area contributed by atoms with Gasteiger partial charge in [0.15, 0.2) is 0 Å². The first kappa shape index (κ1) is 14.6. The summed E-state index contributed by atoms with van der Waals surface area (Å²) in [5, 5.41) is 29.6. The van der Waals surface area contributed by atoms with Gasteiger partial charge in [-0.2, -0.15) is 0 Å². The first-order chi connectivity index (χ1) is 8.49. The molecule has 0 saturated heterocycles. The lowest BCUT2D eigenvalue weighted by atomic mass is 9.80. The van der Waals surface area contributed by atoms with Crippen molar-refractivity contribution in [3.8, 4) is 0 Å². The van der Waals surface area contributed by atoms with Crippen molar-refractivity contribution in [2.75, 3.05) is 0 Å². The minimum absolute atomic E-state index is 0.209. The predicted octanol–water partition coefficient (Wildman–Crippen LogP) is 1.38. The Morgan fingerprint density at radius 3 is 2.78 bits per heavy atom. The molecule has 0 fully saturated rings. The van der Waals surface area contributed by atoms with Gasteiger partial charge < -0.3 is 10.2 Å². The Morgan fingerprint density at radius 1 is 1.56 bits per heavy atom. The first-order valence-electron chi connectivity index (χ1n) is 6.30. The van der Waals surface area contributed by atoms with Gasteiger partial charge in [0, 0.05) is 12.6 Å².